The maximum atomic E-state index is 11.8. The summed E-state index contributed by atoms with van der Waals surface area (Å²) in [7, 11) is 0. The lowest BCUT2D eigenvalue weighted by Gasteiger charge is -2.27. The van der Waals surface area contributed by atoms with Crippen LogP contribution in [0.15, 0.2) is 0 Å². The first-order valence-electron chi connectivity index (χ1n) is 5.93. The van der Waals surface area contributed by atoms with Crippen molar-refractivity contribution >= 4 is 5.78 Å². The molecule has 14 heavy (non-hydrogen) atoms. The second-order valence-corrected chi connectivity index (χ2v) is 6.00. The van der Waals surface area contributed by atoms with Crippen LogP contribution in [0.1, 0.15) is 59.8 Å². The molecule has 0 atom stereocenters. The van der Waals surface area contributed by atoms with Crippen LogP contribution in [-0.2, 0) is 4.79 Å². The third-order valence-electron chi connectivity index (χ3n) is 3.45. The average molecular weight is 196 g/mol. The molecule has 1 fully saturated rings. The first kappa shape index (κ1) is 11.7. The zero-order valence-corrected chi connectivity index (χ0v) is 10.1. The summed E-state index contributed by atoms with van der Waals surface area (Å²) in [5.74, 6) is 2.01. The Kier molecular flexibility index (Phi) is 3.74. The number of carbonyl (C=O) groups excluding carboxylic acids is 1. The van der Waals surface area contributed by atoms with E-state index in [1.54, 1.807) is 0 Å². The molecule has 0 aromatic carbocycles. The van der Waals surface area contributed by atoms with Gasteiger partial charge in [-0.25, -0.2) is 0 Å². The summed E-state index contributed by atoms with van der Waals surface area (Å²) in [6.45, 7) is 8.41. The lowest BCUT2D eigenvalue weighted by Crippen LogP contribution is -2.24. The van der Waals surface area contributed by atoms with E-state index in [0.29, 0.717) is 11.7 Å². The third-order valence-corrected chi connectivity index (χ3v) is 3.45. The smallest absolute Gasteiger partial charge is 0.138 e. The van der Waals surface area contributed by atoms with E-state index in [1.165, 1.54) is 25.7 Å². The van der Waals surface area contributed by atoms with E-state index >= 15 is 0 Å². The predicted octanol–water partition coefficient (Wildman–Crippen LogP) is 3.82. The van der Waals surface area contributed by atoms with Gasteiger partial charge < -0.3 is 0 Å². The highest BCUT2D eigenvalue weighted by Crippen LogP contribution is 2.32. The monoisotopic (exact) mass is 196 g/mol. The highest BCUT2D eigenvalue weighted by Gasteiger charge is 2.26. The molecule has 0 amide bonds. The average Bonchev–Trinajstić information content (AvgIpc) is 2.07. The summed E-state index contributed by atoms with van der Waals surface area (Å²) >= 11 is 0. The number of hydrogen-bond acceptors (Lipinski definition) is 1. The lowest BCUT2D eigenvalue weighted by molar-refractivity contribution is -0.127. The molecule has 82 valence electrons. The number of Topliss-reactive ketones (excluding diaryl/α,β-unsaturated/α-hetero) is 1. The van der Waals surface area contributed by atoms with Crippen LogP contribution >= 0.6 is 0 Å². The van der Waals surface area contributed by atoms with Gasteiger partial charge in [0.05, 0.1) is 0 Å². The van der Waals surface area contributed by atoms with Crippen LogP contribution in [-0.4, -0.2) is 5.78 Å². The molecule has 0 bridgehead atoms. The van der Waals surface area contributed by atoms with E-state index in [0.717, 1.165) is 12.3 Å². The highest BCUT2D eigenvalue weighted by molar-refractivity contribution is 5.83. The van der Waals surface area contributed by atoms with Crippen LogP contribution in [0.25, 0.3) is 0 Å². The molecule has 0 radical (unpaired) electrons. The fourth-order valence-electron chi connectivity index (χ4n) is 2.10. The first-order valence-corrected chi connectivity index (χ1v) is 5.93. The van der Waals surface area contributed by atoms with Gasteiger partial charge in [0, 0.05) is 11.8 Å². The van der Waals surface area contributed by atoms with Gasteiger partial charge >= 0.3 is 0 Å². The van der Waals surface area contributed by atoms with Crippen LogP contribution in [0.5, 0.6) is 0 Å². The van der Waals surface area contributed by atoms with Crippen molar-refractivity contribution < 1.29 is 4.79 Å². The zero-order valence-electron chi connectivity index (χ0n) is 10.1. The summed E-state index contributed by atoms with van der Waals surface area (Å²) in [6, 6.07) is 0. The Hall–Kier alpha value is -0.330. The van der Waals surface area contributed by atoms with Crippen molar-refractivity contribution in [2.75, 3.05) is 0 Å². The second-order valence-electron chi connectivity index (χ2n) is 6.00. The van der Waals surface area contributed by atoms with Crippen LogP contribution in [0.2, 0.25) is 0 Å². The van der Waals surface area contributed by atoms with Crippen LogP contribution in [0.4, 0.5) is 0 Å². The fraction of sp³-hybridized carbons (Fsp3) is 0.923. The summed E-state index contributed by atoms with van der Waals surface area (Å²) < 4.78 is 0. The molecule has 0 aromatic rings. The maximum Gasteiger partial charge on any atom is 0.138 e. The number of ketones is 1. The maximum absolute atomic E-state index is 11.8. The van der Waals surface area contributed by atoms with E-state index in [-0.39, 0.29) is 5.41 Å². The molecule has 0 spiro atoms. The van der Waals surface area contributed by atoms with Gasteiger partial charge in [-0.3, -0.25) is 4.79 Å². The highest BCUT2D eigenvalue weighted by atomic mass is 16.1. The summed E-state index contributed by atoms with van der Waals surface area (Å²) in [5.41, 5.74) is -0.136. The van der Waals surface area contributed by atoms with Crippen LogP contribution in [0, 0.1) is 17.3 Å². The van der Waals surface area contributed by atoms with Gasteiger partial charge in [-0.05, 0) is 24.7 Å². The van der Waals surface area contributed by atoms with E-state index in [1.807, 2.05) is 20.8 Å². The molecule has 1 aliphatic carbocycles. The Morgan fingerprint density at radius 2 is 1.64 bits per heavy atom. The summed E-state index contributed by atoms with van der Waals surface area (Å²) in [6.07, 6.45) is 5.99. The lowest BCUT2D eigenvalue weighted by atomic mass is 9.77. The minimum atomic E-state index is -0.136. The predicted molar refractivity (Wildman–Crippen MR) is 60.2 cm³/mol. The number of rotatable bonds is 2. The normalized spacial score (nSPS) is 28.9. The number of hydrogen-bond donors (Lipinski definition) is 0. The summed E-state index contributed by atoms with van der Waals surface area (Å²) in [5, 5.41) is 0. The van der Waals surface area contributed by atoms with Crippen molar-refractivity contribution in [2.45, 2.75) is 59.8 Å². The Balaban J connectivity index is 2.35. The van der Waals surface area contributed by atoms with Gasteiger partial charge in [-0.1, -0.05) is 40.5 Å². The molecule has 1 aliphatic rings. The topological polar surface area (TPSA) is 17.1 Å². The Morgan fingerprint density at radius 1 is 1.14 bits per heavy atom. The quantitative estimate of drug-likeness (QED) is 0.656. The minimum absolute atomic E-state index is 0.136. The van der Waals surface area contributed by atoms with Gasteiger partial charge in [0.15, 0.2) is 0 Å². The van der Waals surface area contributed by atoms with E-state index < -0.39 is 0 Å². The molecule has 1 rings (SSSR count). The van der Waals surface area contributed by atoms with Crippen molar-refractivity contribution in [1.29, 1.82) is 0 Å². The molecule has 1 saturated carbocycles. The molecular weight excluding hydrogens is 172 g/mol. The third kappa shape index (κ3) is 3.43. The molecule has 0 aromatic heterocycles. The van der Waals surface area contributed by atoms with Gasteiger partial charge in [-0.15, -0.1) is 0 Å². The molecular formula is C13H24O. The van der Waals surface area contributed by atoms with E-state index in [2.05, 4.69) is 6.92 Å². The van der Waals surface area contributed by atoms with E-state index in [9.17, 15) is 4.79 Å². The van der Waals surface area contributed by atoms with Gasteiger partial charge in [0.1, 0.15) is 5.78 Å². The molecule has 0 saturated heterocycles. The molecule has 1 nitrogen and oxygen atoms in total. The number of carbonyl (C=O) groups is 1. The minimum Gasteiger partial charge on any atom is -0.299 e. The Morgan fingerprint density at radius 3 is 2.07 bits per heavy atom. The summed E-state index contributed by atoms with van der Waals surface area (Å²) in [4.78, 5) is 11.8. The van der Waals surface area contributed by atoms with Crippen LogP contribution in [0.3, 0.4) is 0 Å². The van der Waals surface area contributed by atoms with Crippen molar-refractivity contribution in [3.8, 4) is 0 Å². The first-order chi connectivity index (χ1) is 6.39. The van der Waals surface area contributed by atoms with Crippen molar-refractivity contribution in [3.05, 3.63) is 0 Å². The Bertz CT molecular complexity index is 192. The van der Waals surface area contributed by atoms with Gasteiger partial charge in [0.2, 0.25) is 0 Å². The fourth-order valence-corrected chi connectivity index (χ4v) is 2.10. The standard InChI is InChI=1S/C13H24O/c1-10-5-7-11(8-6-10)9-12(14)13(2,3)4/h10-11H,5-9H2,1-4H3. The molecule has 0 aliphatic heterocycles. The van der Waals surface area contributed by atoms with Gasteiger partial charge in [0.25, 0.3) is 0 Å². The SMILES string of the molecule is CC1CCC(CC(=O)C(C)(C)C)CC1. The molecule has 0 heterocycles. The molecule has 0 unspecified atom stereocenters. The second kappa shape index (κ2) is 4.46. The van der Waals surface area contributed by atoms with Crippen molar-refractivity contribution in [1.82, 2.24) is 0 Å². The van der Waals surface area contributed by atoms with Gasteiger partial charge in [-0.2, -0.15) is 0 Å². The van der Waals surface area contributed by atoms with Crippen LogP contribution < -0.4 is 0 Å². The largest absolute Gasteiger partial charge is 0.299 e. The van der Waals surface area contributed by atoms with Crippen molar-refractivity contribution in [3.63, 3.8) is 0 Å². The Labute approximate surface area is 88.3 Å². The molecule has 1 heteroatoms. The van der Waals surface area contributed by atoms with E-state index in [4.69, 9.17) is 0 Å². The van der Waals surface area contributed by atoms with Crippen molar-refractivity contribution in [2.24, 2.45) is 17.3 Å². The molecule has 0 N–H and O–H groups in total. The zero-order chi connectivity index (χ0) is 10.8.